The lowest BCUT2D eigenvalue weighted by molar-refractivity contribution is 0.336. The molecular formula is C14H25N3O. The van der Waals surface area contributed by atoms with Crippen LogP contribution in [-0.4, -0.2) is 23.6 Å². The van der Waals surface area contributed by atoms with Gasteiger partial charge in [-0.1, -0.05) is 13.3 Å². The van der Waals surface area contributed by atoms with Crippen LogP contribution < -0.4 is 10.6 Å². The van der Waals surface area contributed by atoms with Gasteiger partial charge in [-0.15, -0.1) is 0 Å². The van der Waals surface area contributed by atoms with Gasteiger partial charge in [0.25, 0.3) is 0 Å². The quantitative estimate of drug-likeness (QED) is 0.814. The van der Waals surface area contributed by atoms with Crippen molar-refractivity contribution in [1.82, 2.24) is 15.6 Å². The molecule has 1 fully saturated rings. The number of aromatic nitrogens is 1. The lowest BCUT2D eigenvalue weighted by Crippen LogP contribution is -2.39. The molecule has 2 heterocycles. The second-order valence-corrected chi connectivity index (χ2v) is 5.24. The Hall–Kier alpha value is -0.870. The SMILES string of the molecule is CCc1cnc(CNC(C)CC2CCCCN2)o1. The topological polar surface area (TPSA) is 50.1 Å². The fourth-order valence-corrected chi connectivity index (χ4v) is 2.49. The minimum atomic E-state index is 0.498. The molecule has 0 aliphatic carbocycles. The second kappa shape index (κ2) is 6.90. The first kappa shape index (κ1) is 13.6. The number of rotatable bonds is 6. The maximum atomic E-state index is 5.58. The van der Waals surface area contributed by atoms with Crippen molar-refractivity contribution in [2.75, 3.05) is 6.54 Å². The van der Waals surface area contributed by atoms with Crippen molar-refractivity contribution in [2.24, 2.45) is 0 Å². The summed E-state index contributed by atoms with van der Waals surface area (Å²) in [4.78, 5) is 4.26. The fraction of sp³-hybridized carbons (Fsp3) is 0.786. The van der Waals surface area contributed by atoms with Crippen molar-refractivity contribution in [3.05, 3.63) is 17.8 Å². The predicted octanol–water partition coefficient (Wildman–Crippen LogP) is 2.25. The third-order valence-electron chi connectivity index (χ3n) is 3.60. The first-order chi connectivity index (χ1) is 8.78. The van der Waals surface area contributed by atoms with Gasteiger partial charge in [-0.25, -0.2) is 4.98 Å². The average molecular weight is 251 g/mol. The molecule has 1 aliphatic rings. The molecule has 4 heteroatoms. The van der Waals surface area contributed by atoms with Crippen LogP contribution in [0.2, 0.25) is 0 Å². The molecule has 1 aliphatic heterocycles. The van der Waals surface area contributed by atoms with Crippen molar-refractivity contribution in [2.45, 2.75) is 64.6 Å². The third kappa shape index (κ3) is 4.10. The fourth-order valence-electron chi connectivity index (χ4n) is 2.49. The van der Waals surface area contributed by atoms with Crippen LogP contribution in [0.15, 0.2) is 10.6 Å². The van der Waals surface area contributed by atoms with E-state index in [1.54, 1.807) is 0 Å². The summed E-state index contributed by atoms with van der Waals surface area (Å²) < 4.78 is 5.58. The van der Waals surface area contributed by atoms with Crippen molar-refractivity contribution < 1.29 is 4.42 Å². The molecule has 0 spiro atoms. The zero-order valence-electron chi connectivity index (χ0n) is 11.5. The van der Waals surface area contributed by atoms with Gasteiger partial charge in [-0.3, -0.25) is 0 Å². The van der Waals surface area contributed by atoms with Crippen molar-refractivity contribution in [1.29, 1.82) is 0 Å². The van der Waals surface area contributed by atoms with Crippen LogP contribution in [0.25, 0.3) is 0 Å². The van der Waals surface area contributed by atoms with E-state index in [1.165, 1.54) is 32.2 Å². The Balaban J connectivity index is 1.68. The van der Waals surface area contributed by atoms with E-state index >= 15 is 0 Å². The molecule has 1 saturated heterocycles. The molecule has 2 N–H and O–H groups in total. The van der Waals surface area contributed by atoms with Gasteiger partial charge in [-0.2, -0.15) is 0 Å². The van der Waals surface area contributed by atoms with E-state index in [2.05, 4.69) is 29.5 Å². The highest BCUT2D eigenvalue weighted by molar-refractivity contribution is 4.93. The van der Waals surface area contributed by atoms with E-state index < -0.39 is 0 Å². The molecule has 0 radical (unpaired) electrons. The normalized spacial score (nSPS) is 22.0. The number of nitrogens with one attached hydrogen (secondary N) is 2. The van der Waals surface area contributed by atoms with Crippen molar-refractivity contribution in [3.63, 3.8) is 0 Å². The number of hydrogen-bond acceptors (Lipinski definition) is 4. The van der Waals surface area contributed by atoms with Crippen LogP contribution in [-0.2, 0) is 13.0 Å². The number of nitrogens with zero attached hydrogens (tertiary/aromatic N) is 1. The maximum absolute atomic E-state index is 5.58. The van der Waals surface area contributed by atoms with Gasteiger partial charge in [-0.05, 0) is 32.7 Å². The Bertz CT molecular complexity index is 345. The highest BCUT2D eigenvalue weighted by atomic mass is 16.4. The molecular weight excluding hydrogens is 226 g/mol. The standard InChI is InChI=1S/C14H25N3O/c1-3-13-9-17-14(18-13)10-16-11(2)8-12-6-4-5-7-15-12/h9,11-12,15-16H,3-8,10H2,1-2H3. The van der Waals surface area contributed by atoms with Crippen molar-refractivity contribution >= 4 is 0 Å². The van der Waals surface area contributed by atoms with Gasteiger partial charge in [0.15, 0.2) is 0 Å². The van der Waals surface area contributed by atoms with Gasteiger partial charge >= 0.3 is 0 Å². The molecule has 2 rings (SSSR count). The van der Waals surface area contributed by atoms with Crippen LogP contribution in [0.3, 0.4) is 0 Å². The number of piperidine rings is 1. The Labute approximate surface area is 110 Å². The zero-order valence-corrected chi connectivity index (χ0v) is 11.5. The molecule has 0 amide bonds. The van der Waals surface area contributed by atoms with Crippen LogP contribution in [0, 0.1) is 0 Å². The molecule has 2 unspecified atom stereocenters. The van der Waals surface area contributed by atoms with Gasteiger partial charge in [0.1, 0.15) is 5.76 Å². The summed E-state index contributed by atoms with van der Waals surface area (Å²) in [5, 5.41) is 7.07. The molecule has 1 aromatic heterocycles. The lowest BCUT2D eigenvalue weighted by Gasteiger charge is -2.26. The molecule has 0 bridgehead atoms. The highest BCUT2D eigenvalue weighted by Gasteiger charge is 2.15. The molecule has 0 saturated carbocycles. The Kier molecular flexibility index (Phi) is 5.20. The summed E-state index contributed by atoms with van der Waals surface area (Å²) in [7, 11) is 0. The molecule has 0 aromatic carbocycles. The average Bonchev–Trinajstić information content (AvgIpc) is 2.85. The monoisotopic (exact) mass is 251 g/mol. The smallest absolute Gasteiger partial charge is 0.208 e. The van der Waals surface area contributed by atoms with Gasteiger partial charge in [0.05, 0.1) is 12.7 Å². The third-order valence-corrected chi connectivity index (χ3v) is 3.60. The van der Waals surface area contributed by atoms with Crippen LogP contribution >= 0.6 is 0 Å². The van der Waals surface area contributed by atoms with Gasteiger partial charge < -0.3 is 15.1 Å². The summed E-state index contributed by atoms with van der Waals surface area (Å²) in [5.41, 5.74) is 0. The number of hydrogen-bond donors (Lipinski definition) is 2. The number of oxazole rings is 1. The minimum Gasteiger partial charge on any atom is -0.444 e. The Morgan fingerprint density at radius 2 is 2.44 bits per heavy atom. The Morgan fingerprint density at radius 1 is 1.56 bits per heavy atom. The maximum Gasteiger partial charge on any atom is 0.208 e. The van der Waals surface area contributed by atoms with E-state index in [0.29, 0.717) is 12.1 Å². The van der Waals surface area contributed by atoms with E-state index in [4.69, 9.17) is 4.42 Å². The largest absolute Gasteiger partial charge is 0.444 e. The summed E-state index contributed by atoms with van der Waals surface area (Å²) in [6.07, 6.45) is 7.92. The van der Waals surface area contributed by atoms with Crippen LogP contribution in [0.4, 0.5) is 0 Å². The molecule has 4 nitrogen and oxygen atoms in total. The summed E-state index contributed by atoms with van der Waals surface area (Å²) >= 11 is 0. The summed E-state index contributed by atoms with van der Waals surface area (Å²) in [6, 6.07) is 1.18. The van der Waals surface area contributed by atoms with Crippen molar-refractivity contribution in [3.8, 4) is 0 Å². The molecule has 18 heavy (non-hydrogen) atoms. The van der Waals surface area contributed by atoms with E-state index in [0.717, 1.165) is 24.6 Å². The van der Waals surface area contributed by atoms with E-state index in [1.807, 2.05) is 6.20 Å². The lowest BCUT2D eigenvalue weighted by atomic mass is 9.99. The molecule has 102 valence electrons. The van der Waals surface area contributed by atoms with E-state index in [-0.39, 0.29) is 0 Å². The Morgan fingerprint density at radius 3 is 3.11 bits per heavy atom. The van der Waals surface area contributed by atoms with Crippen LogP contribution in [0.5, 0.6) is 0 Å². The van der Waals surface area contributed by atoms with Crippen LogP contribution in [0.1, 0.15) is 51.2 Å². The predicted molar refractivity (Wildman–Crippen MR) is 72.4 cm³/mol. The first-order valence-electron chi connectivity index (χ1n) is 7.18. The van der Waals surface area contributed by atoms with Gasteiger partial charge in [0.2, 0.25) is 5.89 Å². The van der Waals surface area contributed by atoms with E-state index in [9.17, 15) is 0 Å². The highest BCUT2D eigenvalue weighted by Crippen LogP contribution is 2.12. The number of aryl methyl sites for hydroxylation is 1. The molecule has 1 aromatic rings. The summed E-state index contributed by atoms with van der Waals surface area (Å²) in [5.74, 6) is 1.77. The van der Waals surface area contributed by atoms with Gasteiger partial charge in [0, 0.05) is 18.5 Å². The second-order valence-electron chi connectivity index (χ2n) is 5.24. The zero-order chi connectivity index (χ0) is 12.8. The summed E-state index contributed by atoms with van der Waals surface area (Å²) in [6.45, 7) is 6.22. The first-order valence-corrected chi connectivity index (χ1v) is 7.18. The molecule has 2 atom stereocenters. The minimum absolute atomic E-state index is 0.498.